The predicted octanol–water partition coefficient (Wildman–Crippen LogP) is 2.38. The minimum absolute atomic E-state index is 0.0660. The molecule has 2 heterocycles. The second-order valence-electron chi connectivity index (χ2n) is 6.97. The number of nitrogens with zero attached hydrogens (tertiary/aromatic N) is 1. The van der Waals surface area contributed by atoms with E-state index in [0.29, 0.717) is 49.8 Å². The molecule has 1 unspecified atom stereocenters. The second-order valence-corrected chi connectivity index (χ2v) is 6.97. The summed E-state index contributed by atoms with van der Waals surface area (Å²) in [4.78, 5) is 34.3. The number of hydrogen-bond acceptors (Lipinski definition) is 6. The average molecular weight is 374 g/mol. The molecule has 27 heavy (non-hydrogen) atoms. The Labute approximate surface area is 155 Å². The lowest BCUT2D eigenvalue weighted by Crippen LogP contribution is -2.35. The molecule has 1 aromatic heterocycles. The van der Waals surface area contributed by atoms with E-state index in [4.69, 9.17) is 19.5 Å². The van der Waals surface area contributed by atoms with Gasteiger partial charge in [0.15, 0.2) is 6.23 Å². The van der Waals surface area contributed by atoms with Gasteiger partial charge in [-0.2, -0.15) is 0 Å². The Bertz CT molecular complexity index is 881. The first-order valence-corrected chi connectivity index (χ1v) is 9.19. The van der Waals surface area contributed by atoms with Gasteiger partial charge in [-0.3, -0.25) is 23.8 Å². The van der Waals surface area contributed by atoms with E-state index in [1.807, 2.05) is 18.2 Å². The third-order valence-electron chi connectivity index (χ3n) is 5.25. The Hall–Kier alpha value is -2.42. The van der Waals surface area contributed by atoms with Gasteiger partial charge in [-0.15, -0.1) is 0 Å². The Morgan fingerprint density at radius 2 is 1.89 bits per heavy atom. The number of aliphatic carboxylic acids is 1. The summed E-state index contributed by atoms with van der Waals surface area (Å²) in [6.45, 7) is 0.430. The smallest absolute Gasteiger partial charge is 0.306 e. The summed E-state index contributed by atoms with van der Waals surface area (Å²) >= 11 is 0. The Morgan fingerprint density at radius 1 is 1.15 bits per heavy atom. The summed E-state index contributed by atoms with van der Waals surface area (Å²) in [5.74, 6) is -0.423. The molecule has 1 atom stereocenters. The molecule has 0 bridgehead atoms. The maximum absolute atomic E-state index is 12.9. The summed E-state index contributed by atoms with van der Waals surface area (Å²) in [6, 6.07) is 7.32. The molecule has 2 aromatic rings. The van der Waals surface area contributed by atoms with Gasteiger partial charge < -0.3 is 9.84 Å². The predicted molar refractivity (Wildman–Crippen MR) is 96.0 cm³/mol. The number of carboxylic acid groups (broad SMARTS) is 1. The molecule has 1 aliphatic heterocycles. The highest BCUT2D eigenvalue weighted by atomic mass is 16.9. The number of carbonyl (C=O) groups is 1. The second kappa shape index (κ2) is 7.67. The first-order chi connectivity index (χ1) is 13.1. The van der Waals surface area contributed by atoms with Crippen LogP contribution in [0.25, 0.3) is 10.8 Å². The van der Waals surface area contributed by atoms with E-state index < -0.39 is 12.2 Å². The first-order valence-electron chi connectivity index (χ1n) is 9.19. The quantitative estimate of drug-likeness (QED) is 0.848. The van der Waals surface area contributed by atoms with Crippen LogP contribution in [0.2, 0.25) is 0 Å². The van der Waals surface area contributed by atoms with Crippen LogP contribution in [0.5, 0.6) is 5.75 Å². The van der Waals surface area contributed by atoms with Gasteiger partial charge in [0, 0.05) is 11.8 Å². The molecule has 1 aliphatic carbocycles. The Morgan fingerprint density at radius 3 is 2.56 bits per heavy atom. The van der Waals surface area contributed by atoms with Crippen LogP contribution in [-0.4, -0.2) is 28.4 Å². The van der Waals surface area contributed by atoms with E-state index in [1.165, 1.54) is 4.57 Å². The topological polar surface area (TPSA) is 99.0 Å². The Balaban J connectivity index is 1.64. The zero-order chi connectivity index (χ0) is 18.8. The highest BCUT2D eigenvalue weighted by Crippen LogP contribution is 2.31. The number of carboxylic acids is 1. The first kappa shape index (κ1) is 18.0. The van der Waals surface area contributed by atoms with Crippen LogP contribution < -0.4 is 15.9 Å². The van der Waals surface area contributed by atoms with Crippen LogP contribution in [-0.2, 0) is 14.5 Å². The molecule has 2 aliphatic rings. The van der Waals surface area contributed by atoms with E-state index in [9.17, 15) is 9.59 Å². The van der Waals surface area contributed by atoms with Gasteiger partial charge in [-0.25, -0.2) is 0 Å². The van der Waals surface area contributed by atoms with Gasteiger partial charge in [-0.1, -0.05) is 23.8 Å². The molecule has 144 valence electrons. The van der Waals surface area contributed by atoms with E-state index >= 15 is 0 Å². The lowest BCUT2D eigenvalue weighted by atomic mass is 9.87. The number of fused-ring (bicyclic) bond motifs is 1. The van der Waals surface area contributed by atoms with Crippen molar-refractivity contribution in [2.75, 3.05) is 6.61 Å². The molecule has 0 radical (unpaired) electrons. The molecular weight excluding hydrogens is 352 g/mol. The maximum Gasteiger partial charge on any atom is 0.306 e. The van der Waals surface area contributed by atoms with E-state index in [0.717, 1.165) is 5.39 Å². The van der Waals surface area contributed by atoms with Crippen LogP contribution in [0.3, 0.4) is 0 Å². The minimum atomic E-state index is -0.739. The normalized spacial score (nSPS) is 26.0. The highest BCUT2D eigenvalue weighted by Gasteiger charge is 2.28. The van der Waals surface area contributed by atoms with Crippen LogP contribution in [0.1, 0.15) is 38.3 Å². The van der Waals surface area contributed by atoms with Gasteiger partial charge in [0.05, 0.1) is 30.2 Å². The number of ether oxygens (including phenoxy) is 1. The molecule has 0 amide bonds. The number of pyridine rings is 1. The maximum atomic E-state index is 12.9. The van der Waals surface area contributed by atoms with Crippen molar-refractivity contribution in [3.05, 3.63) is 40.8 Å². The average Bonchev–Trinajstić information content (AvgIpc) is 2.71. The zero-order valence-electron chi connectivity index (χ0n) is 14.8. The molecule has 8 nitrogen and oxygen atoms in total. The fourth-order valence-corrected chi connectivity index (χ4v) is 3.74. The molecule has 2 N–H and O–H groups in total. The SMILES string of the molecule is O=C(O)C1CCC(Oc2cn(C3CCONO3)c(=O)c3ccccc23)CC1. The van der Waals surface area contributed by atoms with Crippen molar-refractivity contribution in [1.82, 2.24) is 10.2 Å². The molecule has 8 heteroatoms. The van der Waals surface area contributed by atoms with Crippen molar-refractivity contribution in [2.24, 2.45) is 5.92 Å². The summed E-state index contributed by atoms with van der Waals surface area (Å²) < 4.78 is 7.75. The standard InChI is InChI=1S/C19H22N2O6/c22-18-15-4-2-1-3-14(15)16(11-21(18)17-9-10-25-20-27-17)26-13-7-5-12(6-8-13)19(23)24/h1-4,11-13,17,20H,5-10H2,(H,23,24). The lowest BCUT2D eigenvalue weighted by Gasteiger charge is -2.29. The lowest BCUT2D eigenvalue weighted by molar-refractivity contribution is -0.260. The van der Waals surface area contributed by atoms with E-state index in [1.54, 1.807) is 12.3 Å². The monoisotopic (exact) mass is 374 g/mol. The van der Waals surface area contributed by atoms with Crippen molar-refractivity contribution in [2.45, 2.75) is 44.4 Å². The number of nitrogens with one attached hydrogen (secondary N) is 1. The third kappa shape index (κ3) is 3.69. The van der Waals surface area contributed by atoms with E-state index in [-0.39, 0.29) is 17.6 Å². The fraction of sp³-hybridized carbons (Fsp3) is 0.474. The summed E-state index contributed by atoms with van der Waals surface area (Å²) in [6.07, 6.45) is 4.24. The van der Waals surface area contributed by atoms with Crippen molar-refractivity contribution in [3.8, 4) is 5.75 Å². The number of aromatic nitrogens is 1. The third-order valence-corrected chi connectivity index (χ3v) is 5.25. The van der Waals surface area contributed by atoms with Crippen molar-refractivity contribution in [3.63, 3.8) is 0 Å². The summed E-state index contributed by atoms with van der Waals surface area (Å²) in [5.41, 5.74) is 2.22. The molecule has 4 rings (SSSR count). The van der Waals surface area contributed by atoms with Gasteiger partial charge in [-0.05, 0) is 31.7 Å². The van der Waals surface area contributed by atoms with Crippen LogP contribution in [0, 0.1) is 5.92 Å². The van der Waals surface area contributed by atoms with Crippen molar-refractivity contribution in [1.29, 1.82) is 0 Å². The van der Waals surface area contributed by atoms with Gasteiger partial charge in [0.25, 0.3) is 5.56 Å². The van der Waals surface area contributed by atoms with Crippen LogP contribution in [0.4, 0.5) is 0 Å². The van der Waals surface area contributed by atoms with Crippen molar-refractivity contribution >= 4 is 16.7 Å². The molecule has 2 fully saturated rings. The summed E-state index contributed by atoms with van der Waals surface area (Å²) in [7, 11) is 0. The fourth-order valence-electron chi connectivity index (χ4n) is 3.74. The van der Waals surface area contributed by atoms with E-state index in [2.05, 4.69) is 5.64 Å². The van der Waals surface area contributed by atoms with Gasteiger partial charge >= 0.3 is 5.97 Å². The largest absolute Gasteiger partial charge is 0.488 e. The molecule has 1 aromatic carbocycles. The van der Waals surface area contributed by atoms with Crippen LogP contribution in [0.15, 0.2) is 35.3 Å². The number of rotatable bonds is 4. The Kier molecular flexibility index (Phi) is 5.11. The molecular formula is C19H22N2O6. The number of benzene rings is 1. The highest BCUT2D eigenvalue weighted by molar-refractivity contribution is 5.87. The van der Waals surface area contributed by atoms with Gasteiger partial charge in [0.2, 0.25) is 0 Å². The van der Waals surface area contributed by atoms with Gasteiger partial charge in [0.1, 0.15) is 5.75 Å². The zero-order valence-corrected chi connectivity index (χ0v) is 14.8. The van der Waals surface area contributed by atoms with Crippen molar-refractivity contribution < 1.29 is 24.3 Å². The molecule has 1 saturated carbocycles. The minimum Gasteiger partial charge on any atom is -0.488 e. The molecule has 0 spiro atoms. The molecule has 1 saturated heterocycles. The number of hydrogen-bond donors (Lipinski definition) is 2. The van der Waals surface area contributed by atoms with Crippen LogP contribution >= 0.6 is 0 Å². The summed E-state index contributed by atoms with van der Waals surface area (Å²) in [5, 5.41) is 10.5.